The Kier molecular flexibility index (Phi) is 6.96. The molecule has 122 valence electrons. The maximum Gasteiger partial charge on any atom is 0.230 e. The molecule has 0 aliphatic heterocycles. The van der Waals surface area contributed by atoms with E-state index in [1.807, 2.05) is 55.5 Å². The van der Waals surface area contributed by atoms with Crippen LogP contribution in [-0.4, -0.2) is 16.8 Å². The molecule has 2 aromatic carbocycles. The minimum Gasteiger partial charge on any atom is -0.392 e. The molecule has 2 rings (SSSR count). The summed E-state index contributed by atoms with van der Waals surface area (Å²) in [5, 5.41) is 12.6. The maximum atomic E-state index is 12.0. The standard InChI is InChI=1S/C18H20ClNO2S/c1-13(16-4-2-3-5-17(16)19)20-18(22)12-23-11-15-8-6-14(10-21)7-9-15/h2-9,13,21H,10-12H2,1H3,(H,20,22). The zero-order chi connectivity index (χ0) is 16.7. The fraction of sp³-hybridized carbons (Fsp3) is 0.278. The Hall–Kier alpha value is -1.49. The van der Waals surface area contributed by atoms with Crippen LogP contribution in [0.2, 0.25) is 5.02 Å². The summed E-state index contributed by atoms with van der Waals surface area (Å²) in [5.41, 5.74) is 2.95. The summed E-state index contributed by atoms with van der Waals surface area (Å²) in [6.07, 6.45) is 0. The van der Waals surface area contributed by atoms with Crippen LogP contribution in [0.4, 0.5) is 0 Å². The average Bonchev–Trinajstić information content (AvgIpc) is 2.55. The van der Waals surface area contributed by atoms with Crippen LogP contribution in [0.3, 0.4) is 0 Å². The third-order valence-electron chi connectivity index (χ3n) is 3.46. The highest BCUT2D eigenvalue weighted by Crippen LogP contribution is 2.22. The largest absolute Gasteiger partial charge is 0.392 e. The monoisotopic (exact) mass is 349 g/mol. The second-order valence-corrected chi connectivity index (χ2v) is 6.67. The predicted octanol–water partition coefficient (Wildman–Crippen LogP) is 3.94. The molecule has 0 aliphatic carbocycles. The van der Waals surface area contributed by atoms with E-state index in [4.69, 9.17) is 16.7 Å². The van der Waals surface area contributed by atoms with Crippen LogP contribution in [0.5, 0.6) is 0 Å². The fourth-order valence-electron chi connectivity index (χ4n) is 2.19. The number of nitrogens with one attached hydrogen (secondary N) is 1. The van der Waals surface area contributed by atoms with E-state index in [-0.39, 0.29) is 18.6 Å². The highest BCUT2D eigenvalue weighted by atomic mass is 35.5. The summed E-state index contributed by atoms with van der Waals surface area (Å²) >= 11 is 7.70. The van der Waals surface area contributed by atoms with Crippen LogP contribution in [-0.2, 0) is 17.2 Å². The number of amides is 1. The van der Waals surface area contributed by atoms with Crippen molar-refractivity contribution in [1.29, 1.82) is 0 Å². The van der Waals surface area contributed by atoms with Gasteiger partial charge in [0, 0.05) is 10.8 Å². The summed E-state index contributed by atoms with van der Waals surface area (Å²) < 4.78 is 0. The molecule has 23 heavy (non-hydrogen) atoms. The summed E-state index contributed by atoms with van der Waals surface area (Å²) in [6, 6.07) is 15.2. The van der Waals surface area contributed by atoms with Gasteiger partial charge in [-0.3, -0.25) is 4.79 Å². The minimum absolute atomic E-state index is 0.00519. The van der Waals surface area contributed by atoms with E-state index in [2.05, 4.69) is 5.32 Å². The van der Waals surface area contributed by atoms with Crippen LogP contribution >= 0.6 is 23.4 Å². The van der Waals surface area contributed by atoms with E-state index in [0.29, 0.717) is 10.8 Å². The van der Waals surface area contributed by atoms with Gasteiger partial charge in [0.1, 0.15) is 0 Å². The van der Waals surface area contributed by atoms with Crippen molar-refractivity contribution in [3.63, 3.8) is 0 Å². The Bertz CT molecular complexity index is 646. The number of aliphatic hydroxyl groups is 1. The van der Waals surface area contributed by atoms with Gasteiger partial charge in [0.25, 0.3) is 0 Å². The van der Waals surface area contributed by atoms with Gasteiger partial charge >= 0.3 is 0 Å². The number of carbonyl (C=O) groups excluding carboxylic acids is 1. The van der Waals surface area contributed by atoms with Crippen LogP contribution in [0, 0.1) is 0 Å². The SMILES string of the molecule is CC(NC(=O)CSCc1ccc(CO)cc1)c1ccccc1Cl. The molecule has 0 aromatic heterocycles. The topological polar surface area (TPSA) is 49.3 Å². The average molecular weight is 350 g/mol. The summed E-state index contributed by atoms with van der Waals surface area (Å²) in [6.45, 7) is 1.98. The summed E-state index contributed by atoms with van der Waals surface area (Å²) in [7, 11) is 0. The normalized spacial score (nSPS) is 12.0. The Morgan fingerprint density at radius 2 is 1.83 bits per heavy atom. The molecule has 0 radical (unpaired) electrons. The first-order chi connectivity index (χ1) is 11.1. The number of thioether (sulfide) groups is 1. The van der Waals surface area contributed by atoms with Gasteiger partial charge in [-0.15, -0.1) is 11.8 Å². The Morgan fingerprint density at radius 3 is 2.48 bits per heavy atom. The summed E-state index contributed by atoms with van der Waals surface area (Å²) in [5.74, 6) is 1.16. The smallest absolute Gasteiger partial charge is 0.230 e. The quantitative estimate of drug-likeness (QED) is 0.796. The Morgan fingerprint density at radius 1 is 1.17 bits per heavy atom. The molecule has 0 bridgehead atoms. The molecule has 0 aliphatic rings. The fourth-order valence-corrected chi connectivity index (χ4v) is 3.29. The van der Waals surface area contributed by atoms with Crippen molar-refractivity contribution in [2.24, 2.45) is 0 Å². The molecule has 0 saturated carbocycles. The van der Waals surface area contributed by atoms with Gasteiger partial charge in [-0.25, -0.2) is 0 Å². The lowest BCUT2D eigenvalue weighted by molar-refractivity contribution is -0.119. The minimum atomic E-state index is -0.111. The van der Waals surface area contributed by atoms with E-state index in [9.17, 15) is 4.79 Å². The van der Waals surface area contributed by atoms with Crippen molar-refractivity contribution in [1.82, 2.24) is 5.32 Å². The molecule has 5 heteroatoms. The number of halogens is 1. The third kappa shape index (κ3) is 5.57. The zero-order valence-electron chi connectivity index (χ0n) is 13.0. The first kappa shape index (κ1) is 17.9. The predicted molar refractivity (Wildman–Crippen MR) is 96.5 cm³/mol. The Balaban J connectivity index is 1.77. The number of benzene rings is 2. The van der Waals surface area contributed by atoms with Gasteiger partial charge in [0.05, 0.1) is 18.4 Å². The first-order valence-electron chi connectivity index (χ1n) is 7.40. The van der Waals surface area contributed by atoms with Crippen molar-refractivity contribution in [2.45, 2.75) is 25.3 Å². The van der Waals surface area contributed by atoms with Crippen molar-refractivity contribution < 1.29 is 9.90 Å². The number of hydrogen-bond donors (Lipinski definition) is 2. The van der Waals surface area contributed by atoms with E-state index in [1.54, 1.807) is 11.8 Å². The van der Waals surface area contributed by atoms with Crippen LogP contribution < -0.4 is 5.32 Å². The van der Waals surface area contributed by atoms with Gasteiger partial charge in [0.15, 0.2) is 0 Å². The van der Waals surface area contributed by atoms with E-state index in [0.717, 1.165) is 22.4 Å². The zero-order valence-corrected chi connectivity index (χ0v) is 14.5. The molecule has 3 nitrogen and oxygen atoms in total. The lowest BCUT2D eigenvalue weighted by Crippen LogP contribution is -2.28. The molecular formula is C18H20ClNO2S. The molecule has 0 fully saturated rings. The molecule has 1 atom stereocenters. The number of carbonyl (C=O) groups is 1. The van der Waals surface area contributed by atoms with Crippen molar-refractivity contribution in [2.75, 3.05) is 5.75 Å². The van der Waals surface area contributed by atoms with E-state index < -0.39 is 0 Å². The lowest BCUT2D eigenvalue weighted by Gasteiger charge is -2.15. The van der Waals surface area contributed by atoms with Gasteiger partial charge < -0.3 is 10.4 Å². The molecular weight excluding hydrogens is 330 g/mol. The molecule has 2 aromatic rings. The maximum absolute atomic E-state index is 12.0. The van der Waals surface area contributed by atoms with Crippen molar-refractivity contribution in [3.8, 4) is 0 Å². The second kappa shape index (κ2) is 8.96. The molecule has 0 saturated heterocycles. The number of hydrogen-bond acceptors (Lipinski definition) is 3. The van der Waals surface area contributed by atoms with Crippen LogP contribution in [0.25, 0.3) is 0 Å². The molecule has 0 heterocycles. The first-order valence-corrected chi connectivity index (χ1v) is 8.93. The molecule has 2 N–H and O–H groups in total. The lowest BCUT2D eigenvalue weighted by atomic mass is 10.1. The summed E-state index contributed by atoms with van der Waals surface area (Å²) in [4.78, 5) is 12.0. The van der Waals surface area contributed by atoms with Gasteiger partial charge in [-0.05, 0) is 29.7 Å². The van der Waals surface area contributed by atoms with Crippen LogP contribution in [0.1, 0.15) is 29.7 Å². The van der Waals surface area contributed by atoms with Gasteiger partial charge in [-0.2, -0.15) is 0 Å². The van der Waals surface area contributed by atoms with Gasteiger partial charge in [0.2, 0.25) is 5.91 Å². The Labute approximate surface area is 146 Å². The van der Waals surface area contributed by atoms with E-state index >= 15 is 0 Å². The van der Waals surface area contributed by atoms with Crippen LogP contribution in [0.15, 0.2) is 48.5 Å². The third-order valence-corrected chi connectivity index (χ3v) is 4.80. The number of aliphatic hydroxyl groups excluding tert-OH is 1. The highest BCUT2D eigenvalue weighted by molar-refractivity contribution is 7.99. The molecule has 1 amide bonds. The molecule has 1 unspecified atom stereocenters. The van der Waals surface area contributed by atoms with Crippen molar-refractivity contribution in [3.05, 3.63) is 70.2 Å². The second-order valence-electron chi connectivity index (χ2n) is 5.28. The van der Waals surface area contributed by atoms with E-state index in [1.165, 1.54) is 0 Å². The van der Waals surface area contributed by atoms with Gasteiger partial charge in [-0.1, -0.05) is 54.1 Å². The van der Waals surface area contributed by atoms with Crippen molar-refractivity contribution >= 4 is 29.3 Å². The number of rotatable bonds is 7. The molecule has 0 spiro atoms. The highest BCUT2D eigenvalue weighted by Gasteiger charge is 2.12.